The van der Waals surface area contributed by atoms with Gasteiger partial charge < -0.3 is 5.32 Å². The van der Waals surface area contributed by atoms with Gasteiger partial charge in [0.2, 0.25) is 0 Å². The Morgan fingerprint density at radius 2 is 2.05 bits per heavy atom. The average molecular weight is 289 g/mol. The molecular weight excluding hydrogens is 265 g/mol. The van der Waals surface area contributed by atoms with Crippen LogP contribution in [0.3, 0.4) is 0 Å². The molecule has 3 rings (SSSR count). The molecule has 1 N–H and O–H groups in total. The topological polar surface area (TPSA) is 29.1 Å². The number of aryl methyl sites for hydroxylation is 1. The Bertz CT molecular complexity index is 595. The van der Waals surface area contributed by atoms with Crippen LogP contribution < -0.4 is 5.32 Å². The normalized spacial score (nSPS) is 33.2. The Hall–Kier alpha value is -1.38. The summed E-state index contributed by atoms with van der Waals surface area (Å²) in [7, 11) is 0. The largest absolute Gasteiger partial charge is 0.349 e. The molecule has 0 aromatic heterocycles. The molecule has 0 heterocycles. The first-order valence-electron chi connectivity index (χ1n) is 7.83. The molecule has 21 heavy (non-hydrogen) atoms. The second-order valence-corrected chi connectivity index (χ2v) is 7.60. The van der Waals surface area contributed by atoms with Crippen LogP contribution in [0, 0.1) is 29.5 Å². The second kappa shape index (κ2) is 4.56. The van der Waals surface area contributed by atoms with Gasteiger partial charge >= 0.3 is 0 Å². The van der Waals surface area contributed by atoms with Crippen LogP contribution >= 0.6 is 0 Å². The van der Waals surface area contributed by atoms with E-state index in [1.54, 1.807) is 6.07 Å². The highest BCUT2D eigenvalue weighted by molar-refractivity contribution is 5.95. The van der Waals surface area contributed by atoms with Crippen molar-refractivity contribution in [2.24, 2.45) is 16.7 Å². The summed E-state index contributed by atoms with van der Waals surface area (Å²) < 4.78 is 13.4. The lowest BCUT2D eigenvalue weighted by molar-refractivity contribution is 0.0825. The van der Waals surface area contributed by atoms with Crippen molar-refractivity contribution >= 4 is 5.91 Å². The number of carbonyl (C=O) groups is 1. The predicted molar refractivity (Wildman–Crippen MR) is 81.6 cm³/mol. The minimum Gasteiger partial charge on any atom is -0.349 e. The van der Waals surface area contributed by atoms with Crippen molar-refractivity contribution in [3.8, 4) is 0 Å². The summed E-state index contributed by atoms with van der Waals surface area (Å²) in [6, 6.07) is 4.59. The van der Waals surface area contributed by atoms with E-state index in [2.05, 4.69) is 26.1 Å². The SMILES string of the molecule is Cc1ccc(F)cc1C(=O)NC1CC2CCC1(C)C2(C)C. The van der Waals surface area contributed by atoms with Crippen LogP contribution in [0.25, 0.3) is 0 Å². The molecule has 2 fully saturated rings. The van der Waals surface area contributed by atoms with Crippen molar-refractivity contribution in [3.63, 3.8) is 0 Å². The quantitative estimate of drug-likeness (QED) is 0.873. The van der Waals surface area contributed by atoms with E-state index in [1.807, 2.05) is 6.92 Å². The minimum absolute atomic E-state index is 0.137. The van der Waals surface area contributed by atoms with E-state index in [0.29, 0.717) is 11.5 Å². The molecule has 0 saturated heterocycles. The number of nitrogens with one attached hydrogen (secondary N) is 1. The number of hydrogen-bond donors (Lipinski definition) is 1. The van der Waals surface area contributed by atoms with Gasteiger partial charge in [-0.1, -0.05) is 26.8 Å². The van der Waals surface area contributed by atoms with Gasteiger partial charge in [-0.15, -0.1) is 0 Å². The van der Waals surface area contributed by atoms with Crippen molar-refractivity contribution in [1.82, 2.24) is 5.32 Å². The van der Waals surface area contributed by atoms with E-state index in [1.165, 1.54) is 18.6 Å². The summed E-state index contributed by atoms with van der Waals surface area (Å²) in [6.45, 7) is 8.79. The summed E-state index contributed by atoms with van der Waals surface area (Å²) in [5, 5.41) is 3.19. The van der Waals surface area contributed by atoms with E-state index < -0.39 is 0 Å². The van der Waals surface area contributed by atoms with Crippen molar-refractivity contribution in [2.45, 2.75) is 53.0 Å². The number of carbonyl (C=O) groups excluding carboxylic acids is 1. The first-order valence-corrected chi connectivity index (χ1v) is 7.83. The smallest absolute Gasteiger partial charge is 0.251 e. The summed E-state index contributed by atoms with van der Waals surface area (Å²) in [5.74, 6) is 0.188. The predicted octanol–water partition coefficient (Wildman–Crippen LogP) is 4.08. The highest BCUT2D eigenvalue weighted by atomic mass is 19.1. The molecule has 114 valence electrons. The monoisotopic (exact) mass is 289 g/mol. The second-order valence-electron chi connectivity index (χ2n) is 7.60. The molecule has 1 amide bonds. The molecule has 0 aliphatic heterocycles. The Labute approximate surface area is 126 Å². The number of benzene rings is 1. The molecule has 2 aliphatic rings. The zero-order valence-corrected chi connectivity index (χ0v) is 13.3. The van der Waals surface area contributed by atoms with Gasteiger partial charge in [0.1, 0.15) is 5.82 Å². The van der Waals surface area contributed by atoms with E-state index >= 15 is 0 Å². The first-order chi connectivity index (χ1) is 9.75. The van der Waals surface area contributed by atoms with Gasteiger partial charge in [0, 0.05) is 11.6 Å². The lowest BCUT2D eigenvalue weighted by atomic mass is 9.69. The number of fused-ring (bicyclic) bond motifs is 2. The zero-order valence-electron chi connectivity index (χ0n) is 13.3. The van der Waals surface area contributed by atoms with E-state index in [9.17, 15) is 9.18 Å². The Balaban J connectivity index is 1.82. The lowest BCUT2D eigenvalue weighted by Gasteiger charge is -2.39. The van der Waals surface area contributed by atoms with Crippen LogP contribution in [0.5, 0.6) is 0 Å². The van der Waals surface area contributed by atoms with E-state index in [-0.39, 0.29) is 28.6 Å². The molecule has 2 nitrogen and oxygen atoms in total. The van der Waals surface area contributed by atoms with Crippen molar-refractivity contribution < 1.29 is 9.18 Å². The third kappa shape index (κ3) is 2.01. The molecule has 2 saturated carbocycles. The zero-order chi connectivity index (χ0) is 15.4. The number of amides is 1. The lowest BCUT2D eigenvalue weighted by Crippen LogP contribution is -2.47. The summed E-state index contributed by atoms with van der Waals surface area (Å²) >= 11 is 0. The summed E-state index contributed by atoms with van der Waals surface area (Å²) in [5.41, 5.74) is 1.69. The molecule has 1 aromatic carbocycles. The molecule has 2 bridgehead atoms. The average Bonchev–Trinajstić information content (AvgIpc) is 2.74. The maximum atomic E-state index is 13.4. The Morgan fingerprint density at radius 3 is 2.62 bits per heavy atom. The van der Waals surface area contributed by atoms with E-state index in [4.69, 9.17) is 0 Å². The van der Waals surface area contributed by atoms with Crippen LogP contribution in [0.4, 0.5) is 4.39 Å². The van der Waals surface area contributed by atoms with Gasteiger partial charge in [0.15, 0.2) is 0 Å². The molecular formula is C18H24FNO. The number of rotatable bonds is 2. The third-order valence-corrected chi connectivity index (χ3v) is 6.54. The minimum atomic E-state index is -0.356. The fourth-order valence-corrected chi connectivity index (χ4v) is 4.50. The van der Waals surface area contributed by atoms with E-state index in [0.717, 1.165) is 18.4 Å². The maximum Gasteiger partial charge on any atom is 0.251 e. The van der Waals surface area contributed by atoms with Crippen LogP contribution in [-0.2, 0) is 0 Å². The summed E-state index contributed by atoms with van der Waals surface area (Å²) in [6.07, 6.45) is 3.47. The van der Waals surface area contributed by atoms with Gasteiger partial charge in [0.25, 0.3) is 5.91 Å². The Kier molecular flexibility index (Phi) is 3.16. The number of halogens is 1. The van der Waals surface area contributed by atoms with Gasteiger partial charge in [-0.2, -0.15) is 0 Å². The van der Waals surface area contributed by atoms with Gasteiger partial charge in [-0.05, 0) is 60.6 Å². The fraction of sp³-hybridized carbons (Fsp3) is 0.611. The van der Waals surface area contributed by atoms with Crippen LogP contribution in [-0.4, -0.2) is 11.9 Å². The molecule has 3 heteroatoms. The highest BCUT2D eigenvalue weighted by Gasteiger charge is 2.61. The van der Waals surface area contributed by atoms with Crippen molar-refractivity contribution in [1.29, 1.82) is 0 Å². The van der Waals surface area contributed by atoms with Crippen molar-refractivity contribution in [2.75, 3.05) is 0 Å². The van der Waals surface area contributed by atoms with Gasteiger partial charge in [-0.3, -0.25) is 4.79 Å². The van der Waals surface area contributed by atoms with Gasteiger partial charge in [0.05, 0.1) is 0 Å². The Morgan fingerprint density at radius 1 is 1.33 bits per heavy atom. The highest BCUT2D eigenvalue weighted by Crippen LogP contribution is 2.65. The molecule has 2 aliphatic carbocycles. The van der Waals surface area contributed by atoms with Crippen molar-refractivity contribution in [3.05, 3.63) is 35.1 Å². The molecule has 3 atom stereocenters. The van der Waals surface area contributed by atoms with Gasteiger partial charge in [-0.25, -0.2) is 4.39 Å². The van der Waals surface area contributed by atoms with Crippen LogP contribution in [0.1, 0.15) is 56.0 Å². The summed E-state index contributed by atoms with van der Waals surface area (Å²) in [4.78, 5) is 12.5. The molecule has 0 spiro atoms. The van der Waals surface area contributed by atoms with Crippen LogP contribution in [0.2, 0.25) is 0 Å². The standard InChI is InChI=1S/C18H24FNO/c1-11-5-6-13(19)10-14(11)16(21)20-15-9-12-7-8-18(15,4)17(12,2)3/h5-6,10,12,15H,7-9H2,1-4H3,(H,20,21). The van der Waals surface area contributed by atoms with Crippen LogP contribution in [0.15, 0.2) is 18.2 Å². The first kappa shape index (κ1) is 14.6. The molecule has 0 radical (unpaired) electrons. The fourth-order valence-electron chi connectivity index (χ4n) is 4.50. The maximum absolute atomic E-state index is 13.4. The molecule has 1 aromatic rings. The number of hydrogen-bond acceptors (Lipinski definition) is 1. The molecule has 3 unspecified atom stereocenters. The third-order valence-electron chi connectivity index (χ3n) is 6.54.